The van der Waals surface area contributed by atoms with Gasteiger partial charge in [-0.3, -0.25) is 0 Å². The number of rotatable bonds is 5. The van der Waals surface area contributed by atoms with E-state index in [1.54, 1.807) is 6.07 Å². The van der Waals surface area contributed by atoms with E-state index in [1.807, 2.05) is 0 Å². The Balaban J connectivity index is 1.88. The van der Waals surface area contributed by atoms with Crippen LogP contribution in [0.1, 0.15) is 39.0 Å². The summed E-state index contributed by atoms with van der Waals surface area (Å²) in [6.45, 7) is 2.72. The molecule has 0 atom stereocenters. The summed E-state index contributed by atoms with van der Waals surface area (Å²) in [6.07, 6.45) is 6.70. The topological polar surface area (TPSA) is 70.3 Å². The number of ether oxygens (including phenoxy) is 2. The second kappa shape index (κ2) is 6.54. The summed E-state index contributed by atoms with van der Waals surface area (Å²) in [5.74, 6) is 1.17. The van der Waals surface area contributed by atoms with Gasteiger partial charge in [0.05, 0.1) is 12.7 Å². The molecular formula is C13H21N3O2. The van der Waals surface area contributed by atoms with Crippen LogP contribution in [0, 0.1) is 0 Å². The molecule has 0 saturated heterocycles. The van der Waals surface area contributed by atoms with Gasteiger partial charge in [0, 0.05) is 6.04 Å². The fourth-order valence-electron chi connectivity index (χ4n) is 2.05. The van der Waals surface area contributed by atoms with Crippen LogP contribution in [-0.4, -0.2) is 28.7 Å². The van der Waals surface area contributed by atoms with Crippen LogP contribution in [0.4, 0.5) is 0 Å². The molecule has 1 aromatic rings. The highest BCUT2D eigenvalue weighted by atomic mass is 16.5. The molecule has 5 nitrogen and oxygen atoms in total. The monoisotopic (exact) mass is 251 g/mol. The Morgan fingerprint density at radius 1 is 1.22 bits per heavy atom. The zero-order valence-corrected chi connectivity index (χ0v) is 10.8. The predicted molar refractivity (Wildman–Crippen MR) is 68.7 cm³/mol. The summed E-state index contributed by atoms with van der Waals surface area (Å²) in [6, 6.07) is 2.09. The van der Waals surface area contributed by atoms with E-state index >= 15 is 0 Å². The standard InChI is InChI=1S/C13H21N3O2/c1-2-7-17-12-8-13(16-9-15-12)18-11-5-3-10(14)4-6-11/h8-11H,2-7,14H2,1H3. The van der Waals surface area contributed by atoms with E-state index in [4.69, 9.17) is 15.2 Å². The maximum Gasteiger partial charge on any atom is 0.220 e. The quantitative estimate of drug-likeness (QED) is 0.865. The zero-order chi connectivity index (χ0) is 12.8. The van der Waals surface area contributed by atoms with Crippen molar-refractivity contribution >= 4 is 0 Å². The number of aromatic nitrogens is 2. The van der Waals surface area contributed by atoms with Crippen LogP contribution in [0.25, 0.3) is 0 Å². The molecular weight excluding hydrogens is 230 g/mol. The van der Waals surface area contributed by atoms with E-state index in [0.29, 0.717) is 24.4 Å². The molecule has 1 fully saturated rings. The fraction of sp³-hybridized carbons (Fsp3) is 0.692. The Morgan fingerprint density at radius 2 is 1.94 bits per heavy atom. The molecule has 0 spiro atoms. The van der Waals surface area contributed by atoms with Crippen molar-refractivity contribution in [3.05, 3.63) is 12.4 Å². The Kier molecular flexibility index (Phi) is 4.75. The normalized spacial score (nSPS) is 23.7. The lowest BCUT2D eigenvalue weighted by Gasteiger charge is -2.26. The molecule has 5 heteroatoms. The SMILES string of the molecule is CCCOc1cc(OC2CCC(N)CC2)ncn1. The van der Waals surface area contributed by atoms with Gasteiger partial charge in [-0.05, 0) is 32.1 Å². The molecule has 0 aliphatic heterocycles. The molecule has 18 heavy (non-hydrogen) atoms. The van der Waals surface area contributed by atoms with Crippen molar-refractivity contribution < 1.29 is 9.47 Å². The van der Waals surface area contributed by atoms with Crippen LogP contribution in [-0.2, 0) is 0 Å². The average Bonchev–Trinajstić information content (AvgIpc) is 2.40. The number of nitrogens with zero attached hydrogens (tertiary/aromatic N) is 2. The first-order valence-electron chi connectivity index (χ1n) is 6.65. The van der Waals surface area contributed by atoms with Crippen LogP contribution in [0.2, 0.25) is 0 Å². The fourth-order valence-corrected chi connectivity index (χ4v) is 2.05. The van der Waals surface area contributed by atoms with E-state index in [2.05, 4.69) is 16.9 Å². The predicted octanol–water partition coefficient (Wildman–Crippen LogP) is 1.91. The van der Waals surface area contributed by atoms with Gasteiger partial charge in [-0.2, -0.15) is 0 Å². The Morgan fingerprint density at radius 3 is 2.67 bits per heavy atom. The summed E-state index contributed by atoms with van der Waals surface area (Å²) >= 11 is 0. The van der Waals surface area contributed by atoms with Crippen LogP contribution in [0.5, 0.6) is 11.8 Å². The van der Waals surface area contributed by atoms with Gasteiger partial charge >= 0.3 is 0 Å². The Bertz CT molecular complexity index is 365. The highest BCUT2D eigenvalue weighted by Crippen LogP contribution is 2.23. The minimum absolute atomic E-state index is 0.221. The van der Waals surface area contributed by atoms with E-state index in [9.17, 15) is 0 Å². The highest BCUT2D eigenvalue weighted by molar-refractivity contribution is 5.18. The minimum atomic E-state index is 0.221. The molecule has 1 heterocycles. The third-order valence-electron chi connectivity index (χ3n) is 3.08. The molecule has 0 bridgehead atoms. The molecule has 1 aliphatic rings. The van der Waals surface area contributed by atoms with Crippen molar-refractivity contribution in [2.75, 3.05) is 6.61 Å². The molecule has 1 aliphatic carbocycles. The van der Waals surface area contributed by atoms with Crippen LogP contribution < -0.4 is 15.2 Å². The lowest BCUT2D eigenvalue weighted by molar-refractivity contribution is 0.140. The van der Waals surface area contributed by atoms with Crippen molar-refractivity contribution in [1.82, 2.24) is 9.97 Å². The second-order valence-corrected chi connectivity index (χ2v) is 4.70. The summed E-state index contributed by atoms with van der Waals surface area (Å²) in [4.78, 5) is 8.16. The van der Waals surface area contributed by atoms with Gasteiger partial charge in [-0.15, -0.1) is 0 Å². The third-order valence-corrected chi connectivity index (χ3v) is 3.08. The van der Waals surface area contributed by atoms with Gasteiger partial charge in [0.15, 0.2) is 0 Å². The smallest absolute Gasteiger partial charge is 0.220 e. The first kappa shape index (κ1) is 13.1. The van der Waals surface area contributed by atoms with Gasteiger partial charge < -0.3 is 15.2 Å². The zero-order valence-electron chi connectivity index (χ0n) is 10.8. The van der Waals surface area contributed by atoms with E-state index < -0.39 is 0 Å². The van der Waals surface area contributed by atoms with Crippen molar-refractivity contribution in [3.8, 4) is 11.8 Å². The summed E-state index contributed by atoms with van der Waals surface area (Å²) in [5, 5.41) is 0. The van der Waals surface area contributed by atoms with Gasteiger partial charge in [0.1, 0.15) is 12.4 Å². The molecule has 0 unspecified atom stereocenters. The van der Waals surface area contributed by atoms with E-state index in [0.717, 1.165) is 32.1 Å². The van der Waals surface area contributed by atoms with Crippen molar-refractivity contribution in [2.45, 2.75) is 51.2 Å². The van der Waals surface area contributed by atoms with Crippen LogP contribution in [0.15, 0.2) is 12.4 Å². The lowest BCUT2D eigenvalue weighted by Crippen LogP contribution is -2.31. The Hall–Kier alpha value is -1.36. The number of nitrogens with two attached hydrogens (primary N) is 1. The van der Waals surface area contributed by atoms with Crippen molar-refractivity contribution in [2.24, 2.45) is 5.73 Å². The molecule has 0 amide bonds. The first-order chi connectivity index (χ1) is 8.78. The van der Waals surface area contributed by atoms with Crippen LogP contribution in [0.3, 0.4) is 0 Å². The molecule has 1 aromatic heterocycles. The van der Waals surface area contributed by atoms with E-state index in [1.165, 1.54) is 6.33 Å². The molecule has 2 rings (SSSR count). The van der Waals surface area contributed by atoms with Gasteiger partial charge in [0.25, 0.3) is 0 Å². The first-order valence-corrected chi connectivity index (χ1v) is 6.65. The summed E-state index contributed by atoms with van der Waals surface area (Å²) < 4.78 is 11.3. The third kappa shape index (κ3) is 3.84. The molecule has 1 saturated carbocycles. The average molecular weight is 251 g/mol. The molecule has 100 valence electrons. The second-order valence-electron chi connectivity index (χ2n) is 4.70. The number of hydrogen-bond acceptors (Lipinski definition) is 5. The van der Waals surface area contributed by atoms with Crippen molar-refractivity contribution in [3.63, 3.8) is 0 Å². The maximum atomic E-state index is 5.87. The van der Waals surface area contributed by atoms with Gasteiger partial charge in [-0.25, -0.2) is 9.97 Å². The molecule has 2 N–H and O–H groups in total. The van der Waals surface area contributed by atoms with Crippen LogP contribution >= 0.6 is 0 Å². The largest absolute Gasteiger partial charge is 0.478 e. The summed E-state index contributed by atoms with van der Waals surface area (Å²) in [7, 11) is 0. The van der Waals surface area contributed by atoms with Crippen molar-refractivity contribution in [1.29, 1.82) is 0 Å². The lowest BCUT2D eigenvalue weighted by atomic mass is 9.94. The minimum Gasteiger partial charge on any atom is -0.478 e. The van der Waals surface area contributed by atoms with Gasteiger partial charge in [0.2, 0.25) is 11.8 Å². The number of hydrogen-bond donors (Lipinski definition) is 1. The van der Waals surface area contributed by atoms with Gasteiger partial charge in [-0.1, -0.05) is 6.92 Å². The molecule has 0 radical (unpaired) electrons. The summed E-state index contributed by atoms with van der Waals surface area (Å²) in [5.41, 5.74) is 5.87. The maximum absolute atomic E-state index is 5.87. The van der Waals surface area contributed by atoms with E-state index in [-0.39, 0.29) is 6.10 Å². The molecule has 0 aromatic carbocycles. The highest BCUT2D eigenvalue weighted by Gasteiger charge is 2.20. The Labute approximate surface area is 108 Å².